The number of amides is 1. The molecule has 0 aliphatic heterocycles. The van der Waals surface area contributed by atoms with Crippen molar-refractivity contribution in [3.63, 3.8) is 0 Å². The molecule has 1 aromatic rings. The number of nitrogens with zero attached hydrogens (tertiary/aromatic N) is 3. The molecule has 0 fully saturated rings. The summed E-state index contributed by atoms with van der Waals surface area (Å²) in [5.41, 5.74) is -0.188. The van der Waals surface area contributed by atoms with Gasteiger partial charge in [0.05, 0.1) is 18.8 Å². The molecular formula is C10H16N4O4. The van der Waals surface area contributed by atoms with Gasteiger partial charge in [0, 0.05) is 7.11 Å². The van der Waals surface area contributed by atoms with Gasteiger partial charge in [0.25, 0.3) is 0 Å². The number of carbonyl (C=O) groups excluding carboxylic acids is 1. The average molecular weight is 256 g/mol. The smallest absolute Gasteiger partial charge is 0.358 e. The van der Waals surface area contributed by atoms with Crippen LogP contribution in [0.4, 0.5) is 0 Å². The molecular weight excluding hydrogens is 240 g/mol. The molecule has 0 spiro atoms. The number of hydrogen-bond donors (Lipinski definition) is 2. The first-order valence-corrected chi connectivity index (χ1v) is 5.48. The van der Waals surface area contributed by atoms with Crippen LogP contribution in [0.1, 0.15) is 23.8 Å². The number of ether oxygens (including phenoxy) is 1. The van der Waals surface area contributed by atoms with Crippen molar-refractivity contribution < 1.29 is 19.4 Å². The molecule has 0 saturated carbocycles. The molecule has 0 radical (unpaired) electrons. The van der Waals surface area contributed by atoms with E-state index < -0.39 is 5.97 Å². The summed E-state index contributed by atoms with van der Waals surface area (Å²) in [7, 11) is 1.56. The van der Waals surface area contributed by atoms with E-state index >= 15 is 0 Å². The lowest BCUT2D eigenvalue weighted by atomic mass is 10.2. The molecule has 8 nitrogen and oxygen atoms in total. The number of hydrogen-bond acceptors (Lipinski definition) is 5. The van der Waals surface area contributed by atoms with E-state index in [-0.39, 0.29) is 24.2 Å². The number of aromatic carboxylic acids is 1. The second-order valence-electron chi connectivity index (χ2n) is 3.73. The Labute approximate surface area is 104 Å². The van der Waals surface area contributed by atoms with Crippen LogP contribution in [-0.2, 0) is 16.1 Å². The van der Waals surface area contributed by atoms with Gasteiger partial charge in [-0.25, -0.2) is 9.48 Å². The zero-order valence-corrected chi connectivity index (χ0v) is 10.3. The molecule has 2 N–H and O–H groups in total. The molecule has 100 valence electrons. The first-order chi connectivity index (χ1) is 8.56. The van der Waals surface area contributed by atoms with Gasteiger partial charge in [0.1, 0.15) is 6.54 Å². The Kier molecular flexibility index (Phi) is 5.25. The summed E-state index contributed by atoms with van der Waals surface area (Å²) >= 11 is 0. The third kappa shape index (κ3) is 4.13. The standard InChI is InChI=1S/C10H16N4O4/c1-3-7(6-18-2)11-9(15)5-14-4-8(10(16)17)12-13-14/h4,7H,3,5-6H2,1-2H3,(H,11,15)(H,16,17). The summed E-state index contributed by atoms with van der Waals surface area (Å²) in [6, 6.07) is -0.0648. The minimum atomic E-state index is -1.17. The fourth-order valence-electron chi connectivity index (χ4n) is 1.36. The van der Waals surface area contributed by atoms with Crippen molar-refractivity contribution in [3.05, 3.63) is 11.9 Å². The number of carbonyl (C=O) groups is 2. The number of nitrogens with one attached hydrogen (secondary N) is 1. The lowest BCUT2D eigenvalue weighted by molar-refractivity contribution is -0.123. The Hall–Kier alpha value is -1.96. The molecule has 1 aromatic heterocycles. The van der Waals surface area contributed by atoms with E-state index in [0.717, 1.165) is 6.42 Å². The summed E-state index contributed by atoms with van der Waals surface area (Å²) < 4.78 is 6.13. The van der Waals surface area contributed by atoms with Crippen LogP contribution in [0, 0.1) is 0 Å². The highest BCUT2D eigenvalue weighted by molar-refractivity contribution is 5.84. The number of rotatable bonds is 7. The highest BCUT2D eigenvalue weighted by Crippen LogP contribution is 1.95. The Balaban J connectivity index is 2.50. The average Bonchev–Trinajstić information content (AvgIpc) is 2.77. The van der Waals surface area contributed by atoms with Gasteiger partial charge in [-0.2, -0.15) is 0 Å². The Bertz CT molecular complexity index is 418. The molecule has 18 heavy (non-hydrogen) atoms. The minimum absolute atomic E-state index is 0.0648. The third-order valence-electron chi connectivity index (χ3n) is 2.29. The number of methoxy groups -OCH3 is 1. The maximum absolute atomic E-state index is 11.6. The summed E-state index contributed by atoms with van der Waals surface area (Å²) in [5, 5.41) is 18.4. The van der Waals surface area contributed by atoms with E-state index in [0.29, 0.717) is 6.61 Å². The van der Waals surface area contributed by atoms with E-state index in [9.17, 15) is 9.59 Å². The number of aromatic nitrogens is 3. The molecule has 0 aliphatic rings. The van der Waals surface area contributed by atoms with E-state index in [4.69, 9.17) is 9.84 Å². The van der Waals surface area contributed by atoms with Crippen LogP contribution in [0.15, 0.2) is 6.20 Å². The monoisotopic (exact) mass is 256 g/mol. The number of carboxylic acid groups (broad SMARTS) is 1. The molecule has 0 aliphatic carbocycles. The lowest BCUT2D eigenvalue weighted by Crippen LogP contribution is -2.39. The Morgan fingerprint density at radius 1 is 1.61 bits per heavy atom. The van der Waals surface area contributed by atoms with E-state index in [1.165, 1.54) is 10.9 Å². The third-order valence-corrected chi connectivity index (χ3v) is 2.29. The van der Waals surface area contributed by atoms with Crippen molar-refractivity contribution >= 4 is 11.9 Å². The molecule has 1 unspecified atom stereocenters. The quantitative estimate of drug-likeness (QED) is 0.682. The molecule has 0 saturated heterocycles. The second kappa shape index (κ2) is 6.70. The molecule has 1 heterocycles. The van der Waals surface area contributed by atoms with Crippen molar-refractivity contribution in [3.8, 4) is 0 Å². The predicted octanol–water partition coefficient (Wildman–Crippen LogP) is -0.482. The van der Waals surface area contributed by atoms with Crippen molar-refractivity contribution in [2.24, 2.45) is 0 Å². The molecule has 0 bridgehead atoms. The SMILES string of the molecule is CCC(COC)NC(=O)Cn1cc(C(=O)O)nn1. The van der Waals surface area contributed by atoms with Gasteiger partial charge in [-0.1, -0.05) is 12.1 Å². The predicted molar refractivity (Wildman–Crippen MR) is 61.1 cm³/mol. The first kappa shape index (κ1) is 14.1. The molecule has 1 rings (SSSR count). The van der Waals surface area contributed by atoms with Gasteiger partial charge in [-0.05, 0) is 6.42 Å². The summed E-state index contributed by atoms with van der Waals surface area (Å²) in [6.07, 6.45) is 1.95. The van der Waals surface area contributed by atoms with Crippen LogP contribution in [0.3, 0.4) is 0 Å². The van der Waals surface area contributed by atoms with Crippen molar-refractivity contribution in [1.29, 1.82) is 0 Å². The van der Waals surface area contributed by atoms with Crippen molar-refractivity contribution in [2.75, 3.05) is 13.7 Å². The first-order valence-electron chi connectivity index (χ1n) is 5.48. The van der Waals surface area contributed by atoms with Crippen molar-refractivity contribution in [2.45, 2.75) is 25.9 Å². The van der Waals surface area contributed by atoms with Crippen LogP contribution in [0.25, 0.3) is 0 Å². The second-order valence-corrected chi connectivity index (χ2v) is 3.73. The fourth-order valence-corrected chi connectivity index (χ4v) is 1.36. The topological polar surface area (TPSA) is 106 Å². The van der Waals surface area contributed by atoms with Gasteiger partial charge < -0.3 is 15.2 Å². The van der Waals surface area contributed by atoms with Crippen LogP contribution in [0.2, 0.25) is 0 Å². The molecule has 1 amide bonds. The lowest BCUT2D eigenvalue weighted by Gasteiger charge is -2.15. The molecule has 8 heteroatoms. The summed E-state index contributed by atoms with van der Waals surface area (Å²) in [5.74, 6) is -1.44. The van der Waals surface area contributed by atoms with Gasteiger partial charge in [-0.15, -0.1) is 5.10 Å². The highest BCUT2D eigenvalue weighted by atomic mass is 16.5. The van der Waals surface area contributed by atoms with Crippen LogP contribution in [-0.4, -0.2) is 51.7 Å². The largest absolute Gasteiger partial charge is 0.476 e. The molecule has 1 atom stereocenters. The summed E-state index contributed by atoms with van der Waals surface area (Å²) in [6.45, 7) is 2.29. The van der Waals surface area contributed by atoms with Crippen LogP contribution >= 0.6 is 0 Å². The maximum atomic E-state index is 11.6. The van der Waals surface area contributed by atoms with Gasteiger partial charge in [0.2, 0.25) is 5.91 Å². The van der Waals surface area contributed by atoms with Crippen LogP contribution in [0.5, 0.6) is 0 Å². The highest BCUT2D eigenvalue weighted by Gasteiger charge is 2.13. The van der Waals surface area contributed by atoms with E-state index in [1.807, 2.05) is 6.92 Å². The van der Waals surface area contributed by atoms with Gasteiger partial charge >= 0.3 is 5.97 Å². The number of carboxylic acids is 1. The molecule has 0 aromatic carbocycles. The summed E-state index contributed by atoms with van der Waals surface area (Å²) in [4.78, 5) is 22.2. The van der Waals surface area contributed by atoms with Crippen LogP contribution < -0.4 is 5.32 Å². The van der Waals surface area contributed by atoms with Gasteiger partial charge in [0.15, 0.2) is 5.69 Å². The van der Waals surface area contributed by atoms with E-state index in [1.54, 1.807) is 7.11 Å². The Morgan fingerprint density at radius 3 is 2.83 bits per heavy atom. The Morgan fingerprint density at radius 2 is 2.33 bits per heavy atom. The van der Waals surface area contributed by atoms with Gasteiger partial charge in [-0.3, -0.25) is 4.79 Å². The fraction of sp³-hybridized carbons (Fsp3) is 0.600. The normalized spacial score (nSPS) is 12.1. The zero-order chi connectivity index (χ0) is 13.5. The van der Waals surface area contributed by atoms with Crippen molar-refractivity contribution in [1.82, 2.24) is 20.3 Å². The maximum Gasteiger partial charge on any atom is 0.358 e. The zero-order valence-electron chi connectivity index (χ0n) is 10.3. The van der Waals surface area contributed by atoms with E-state index in [2.05, 4.69) is 15.6 Å². The minimum Gasteiger partial charge on any atom is -0.476 e.